The number of nitrogens with one attached hydrogen (secondary N) is 1. The summed E-state index contributed by atoms with van der Waals surface area (Å²) in [7, 11) is 0. The predicted octanol–water partition coefficient (Wildman–Crippen LogP) is 2.53. The molecule has 1 fully saturated rings. The number of β-amino-alcohol motifs (C(OH)–C–C–N with tert-alkyl or cyclic N) is 1. The Labute approximate surface area is 207 Å². The Hall–Kier alpha value is -2.81. The number of aliphatic hydroxyl groups is 1. The number of benzene rings is 1. The summed E-state index contributed by atoms with van der Waals surface area (Å²) in [4.78, 5) is 36.8. The van der Waals surface area contributed by atoms with Gasteiger partial charge in [-0.2, -0.15) is 0 Å². The van der Waals surface area contributed by atoms with Gasteiger partial charge in [-0.3, -0.25) is 19.5 Å². The SMILES string of the molecule is O=C(c1ccc2c(c1)CNCCCCCCCN2C(=O)c1ccncc1)N1CCN(CCO)CC1. The molecule has 1 aromatic heterocycles. The number of aliphatic hydroxyl groups excluding tert-OH is 1. The zero-order chi connectivity index (χ0) is 24.5. The van der Waals surface area contributed by atoms with Gasteiger partial charge in [0.2, 0.25) is 0 Å². The van der Waals surface area contributed by atoms with Crippen molar-refractivity contribution in [1.82, 2.24) is 20.1 Å². The fraction of sp³-hybridized carbons (Fsp3) is 0.519. The summed E-state index contributed by atoms with van der Waals surface area (Å²) in [5.74, 6) is -0.0145. The van der Waals surface area contributed by atoms with Crippen LogP contribution < -0.4 is 10.2 Å². The first-order valence-electron chi connectivity index (χ1n) is 12.9. The van der Waals surface area contributed by atoms with Crippen LogP contribution in [0.2, 0.25) is 0 Å². The van der Waals surface area contributed by atoms with Gasteiger partial charge in [-0.25, -0.2) is 0 Å². The maximum absolute atomic E-state index is 13.5. The van der Waals surface area contributed by atoms with Crippen LogP contribution in [0.3, 0.4) is 0 Å². The van der Waals surface area contributed by atoms with Crippen molar-refractivity contribution in [2.45, 2.75) is 38.6 Å². The van der Waals surface area contributed by atoms with E-state index in [0.717, 1.165) is 50.1 Å². The van der Waals surface area contributed by atoms with Crippen molar-refractivity contribution in [3.8, 4) is 0 Å². The molecule has 4 rings (SSSR count). The van der Waals surface area contributed by atoms with Crippen LogP contribution in [0.15, 0.2) is 42.7 Å². The number of hydrogen-bond acceptors (Lipinski definition) is 6. The molecule has 0 unspecified atom stereocenters. The lowest BCUT2D eigenvalue weighted by atomic mass is 10.0. The molecule has 2 aromatic rings. The molecule has 1 saturated heterocycles. The molecule has 0 aliphatic carbocycles. The smallest absolute Gasteiger partial charge is 0.258 e. The summed E-state index contributed by atoms with van der Waals surface area (Å²) < 4.78 is 0. The number of carbonyl (C=O) groups is 2. The van der Waals surface area contributed by atoms with Gasteiger partial charge >= 0.3 is 0 Å². The normalized spacial score (nSPS) is 18.3. The average molecular weight is 480 g/mol. The van der Waals surface area contributed by atoms with Gasteiger partial charge in [0.05, 0.1) is 6.61 Å². The quantitative estimate of drug-likeness (QED) is 0.701. The van der Waals surface area contributed by atoms with E-state index in [2.05, 4.69) is 15.2 Å². The minimum absolute atomic E-state index is 0.0228. The maximum atomic E-state index is 13.5. The molecule has 2 amide bonds. The average Bonchev–Trinajstić information content (AvgIpc) is 2.89. The molecule has 2 aliphatic heterocycles. The number of carbonyl (C=O) groups excluding carboxylic acids is 2. The van der Waals surface area contributed by atoms with Crippen molar-refractivity contribution >= 4 is 17.5 Å². The van der Waals surface area contributed by atoms with Crippen molar-refractivity contribution < 1.29 is 14.7 Å². The van der Waals surface area contributed by atoms with E-state index in [1.54, 1.807) is 24.5 Å². The lowest BCUT2D eigenvalue weighted by Crippen LogP contribution is -2.49. The summed E-state index contributed by atoms with van der Waals surface area (Å²) in [5, 5.41) is 12.7. The zero-order valence-corrected chi connectivity index (χ0v) is 20.5. The third kappa shape index (κ3) is 6.66. The fourth-order valence-electron chi connectivity index (χ4n) is 4.88. The van der Waals surface area contributed by atoms with Crippen LogP contribution in [-0.4, -0.2) is 84.1 Å². The van der Waals surface area contributed by atoms with Gasteiger partial charge in [0.1, 0.15) is 0 Å². The number of piperazine rings is 1. The van der Waals surface area contributed by atoms with Crippen molar-refractivity contribution in [2.24, 2.45) is 0 Å². The second-order valence-corrected chi connectivity index (χ2v) is 9.34. The Kier molecular flexibility index (Phi) is 9.22. The Balaban J connectivity index is 1.59. The second kappa shape index (κ2) is 12.8. The molecule has 35 heavy (non-hydrogen) atoms. The summed E-state index contributed by atoms with van der Waals surface area (Å²) >= 11 is 0. The van der Waals surface area contributed by atoms with Crippen LogP contribution in [0.4, 0.5) is 5.69 Å². The van der Waals surface area contributed by atoms with Crippen LogP contribution in [0.5, 0.6) is 0 Å². The topological polar surface area (TPSA) is 89.0 Å². The van der Waals surface area contributed by atoms with E-state index in [1.807, 2.05) is 28.0 Å². The fourth-order valence-corrected chi connectivity index (χ4v) is 4.88. The number of rotatable bonds is 4. The Morgan fingerprint density at radius 3 is 2.37 bits per heavy atom. The Morgan fingerprint density at radius 2 is 1.60 bits per heavy atom. The third-order valence-corrected chi connectivity index (χ3v) is 6.92. The van der Waals surface area contributed by atoms with Gasteiger partial charge in [-0.1, -0.05) is 19.3 Å². The number of hydrogen-bond donors (Lipinski definition) is 2. The number of fused-ring (bicyclic) bond motifs is 1. The minimum Gasteiger partial charge on any atom is -0.395 e. The van der Waals surface area contributed by atoms with Crippen LogP contribution >= 0.6 is 0 Å². The number of pyridine rings is 1. The molecule has 0 spiro atoms. The van der Waals surface area contributed by atoms with Gasteiger partial charge in [0, 0.05) is 75.0 Å². The Morgan fingerprint density at radius 1 is 0.857 bits per heavy atom. The number of aromatic nitrogens is 1. The molecule has 0 atom stereocenters. The van der Waals surface area contributed by atoms with Crippen molar-refractivity contribution in [1.29, 1.82) is 0 Å². The van der Waals surface area contributed by atoms with Crippen LogP contribution in [0.1, 0.15) is 58.4 Å². The van der Waals surface area contributed by atoms with E-state index in [1.165, 1.54) is 12.8 Å². The number of anilines is 1. The molecule has 0 radical (unpaired) electrons. The highest BCUT2D eigenvalue weighted by molar-refractivity contribution is 6.06. The number of amides is 2. The summed E-state index contributed by atoms with van der Waals surface area (Å²) in [6, 6.07) is 9.27. The molecule has 0 saturated carbocycles. The predicted molar refractivity (Wildman–Crippen MR) is 137 cm³/mol. The molecule has 0 bridgehead atoms. The molecule has 3 heterocycles. The van der Waals surface area contributed by atoms with Crippen LogP contribution in [0.25, 0.3) is 0 Å². The van der Waals surface area contributed by atoms with E-state index >= 15 is 0 Å². The van der Waals surface area contributed by atoms with Gasteiger partial charge in [-0.05, 0) is 55.3 Å². The van der Waals surface area contributed by atoms with Crippen molar-refractivity contribution in [2.75, 3.05) is 57.3 Å². The van der Waals surface area contributed by atoms with Crippen molar-refractivity contribution in [3.63, 3.8) is 0 Å². The van der Waals surface area contributed by atoms with E-state index in [9.17, 15) is 14.7 Å². The van der Waals surface area contributed by atoms with Crippen molar-refractivity contribution in [3.05, 3.63) is 59.4 Å². The van der Waals surface area contributed by atoms with Crippen LogP contribution in [0, 0.1) is 0 Å². The zero-order valence-electron chi connectivity index (χ0n) is 20.5. The Bertz CT molecular complexity index is 976. The van der Waals surface area contributed by atoms with Gasteiger partial charge in [0.15, 0.2) is 0 Å². The summed E-state index contributed by atoms with van der Waals surface area (Å²) in [6.45, 7) is 5.81. The minimum atomic E-state index is -0.0372. The highest BCUT2D eigenvalue weighted by Gasteiger charge is 2.25. The van der Waals surface area contributed by atoms with E-state index in [4.69, 9.17) is 0 Å². The molecule has 2 N–H and O–H groups in total. The number of nitrogens with zero attached hydrogens (tertiary/aromatic N) is 4. The highest BCUT2D eigenvalue weighted by Crippen LogP contribution is 2.26. The van der Waals surface area contributed by atoms with E-state index in [0.29, 0.717) is 43.9 Å². The molecular weight excluding hydrogens is 442 g/mol. The standard InChI is InChI=1S/C27H37N5O3/c33-19-18-30-14-16-31(17-15-30)26(34)23-6-7-25-24(20-23)21-29-10-4-2-1-3-5-13-32(25)27(35)22-8-11-28-12-9-22/h6-9,11-12,20,29,33H,1-5,10,13-19,21H2. The molecule has 1 aromatic carbocycles. The maximum Gasteiger partial charge on any atom is 0.258 e. The van der Waals surface area contributed by atoms with Gasteiger partial charge in [0.25, 0.3) is 11.8 Å². The molecular formula is C27H37N5O3. The molecule has 8 nitrogen and oxygen atoms in total. The largest absolute Gasteiger partial charge is 0.395 e. The van der Waals surface area contributed by atoms with Gasteiger partial charge < -0.3 is 20.2 Å². The lowest BCUT2D eigenvalue weighted by molar-refractivity contribution is 0.0615. The van der Waals surface area contributed by atoms with E-state index in [-0.39, 0.29) is 18.4 Å². The lowest BCUT2D eigenvalue weighted by Gasteiger charge is -2.34. The summed E-state index contributed by atoms with van der Waals surface area (Å²) in [5.41, 5.74) is 3.11. The highest BCUT2D eigenvalue weighted by atomic mass is 16.3. The van der Waals surface area contributed by atoms with Gasteiger partial charge in [-0.15, -0.1) is 0 Å². The monoisotopic (exact) mass is 479 g/mol. The first-order chi connectivity index (χ1) is 17.2. The molecule has 2 aliphatic rings. The first-order valence-corrected chi connectivity index (χ1v) is 12.9. The third-order valence-electron chi connectivity index (χ3n) is 6.92. The van der Waals surface area contributed by atoms with E-state index < -0.39 is 0 Å². The molecule has 188 valence electrons. The first kappa shape index (κ1) is 25.3. The second-order valence-electron chi connectivity index (χ2n) is 9.34. The molecule has 8 heteroatoms. The van der Waals surface area contributed by atoms with Crippen LogP contribution in [-0.2, 0) is 6.54 Å². The summed E-state index contributed by atoms with van der Waals surface area (Å²) in [6.07, 6.45) is 8.81.